The number of hydrogen-bond acceptors (Lipinski definition) is 6. The second-order valence-electron chi connectivity index (χ2n) is 11.7. The number of thiophene rings is 2. The number of amides is 1. The van der Waals surface area contributed by atoms with Crippen molar-refractivity contribution in [1.82, 2.24) is 10.6 Å². The maximum Gasteiger partial charge on any atom is 0.227 e. The van der Waals surface area contributed by atoms with Crippen LogP contribution in [-0.2, 0) is 16.0 Å². The first-order valence-corrected chi connectivity index (χ1v) is 17.1. The molecule has 8 rings (SSSR count). The van der Waals surface area contributed by atoms with E-state index in [1.807, 2.05) is 42.8 Å². The molecule has 5 nitrogen and oxygen atoms in total. The lowest BCUT2D eigenvalue weighted by Crippen LogP contribution is -2.28. The van der Waals surface area contributed by atoms with Gasteiger partial charge >= 0.3 is 0 Å². The third kappa shape index (κ3) is 6.00. The minimum atomic E-state index is -0.529. The van der Waals surface area contributed by atoms with Crippen LogP contribution in [0.25, 0.3) is 21.5 Å². The van der Waals surface area contributed by atoms with Gasteiger partial charge in [0.1, 0.15) is 17.1 Å². The molecule has 2 aromatic heterocycles. The van der Waals surface area contributed by atoms with Crippen molar-refractivity contribution < 1.29 is 14.3 Å². The number of hydrogen-bond donors (Lipinski definition) is 2. The highest BCUT2D eigenvalue weighted by Gasteiger charge is 2.63. The molecule has 2 heterocycles. The van der Waals surface area contributed by atoms with Gasteiger partial charge in [0.15, 0.2) is 5.60 Å². The Morgan fingerprint density at radius 1 is 0.696 bits per heavy atom. The molecular weight excluding hydrogens is 632 g/mol. The Bertz CT molecular complexity index is 1920. The number of carbonyl (C=O) groups excluding carboxylic acids is 1. The van der Waals surface area contributed by atoms with Crippen LogP contribution in [0.3, 0.4) is 0 Å². The van der Waals surface area contributed by atoms with Crippen LogP contribution in [0.2, 0.25) is 0 Å². The van der Waals surface area contributed by atoms with Gasteiger partial charge in [-0.25, -0.2) is 0 Å². The lowest BCUT2D eigenvalue weighted by atomic mass is 10.1. The topological polar surface area (TPSA) is 59.6 Å². The molecule has 236 valence electrons. The van der Waals surface area contributed by atoms with Crippen LogP contribution in [0.4, 0.5) is 0 Å². The molecule has 46 heavy (non-hydrogen) atoms. The molecule has 2 aliphatic rings. The second kappa shape index (κ2) is 13.5. The molecule has 0 spiro atoms. The number of rotatable bonds is 9. The van der Waals surface area contributed by atoms with E-state index < -0.39 is 5.60 Å². The molecule has 0 unspecified atom stereocenters. The van der Waals surface area contributed by atoms with Gasteiger partial charge in [0, 0.05) is 52.9 Å². The standard InChI is InChI=1S/C19H17NO2S.C19H19NOS.ClH/c1-20-18(21)15-12-19(15,17-10-5-11-23-17)22-16-9-4-7-13-6-2-3-8-14(13)16;1-20-13-15-12-19(15,18-10-5-11-22-18)21-17-9-4-7-14-6-2-3-8-16(14)17;/h2-11,15H,12H2,1H3,(H,20,21);2-11,15,20H,12-13H2,1H3;1H/t2*15-,19+;/m00./s1. The van der Waals surface area contributed by atoms with Crippen LogP contribution >= 0.6 is 35.1 Å². The summed E-state index contributed by atoms with van der Waals surface area (Å²) in [6.07, 6.45) is 1.80. The van der Waals surface area contributed by atoms with Crippen molar-refractivity contribution in [1.29, 1.82) is 0 Å². The molecule has 1 amide bonds. The Labute approximate surface area is 284 Å². The smallest absolute Gasteiger partial charge is 0.227 e. The number of benzene rings is 4. The second-order valence-corrected chi connectivity index (χ2v) is 13.6. The van der Waals surface area contributed by atoms with Crippen LogP contribution in [0.5, 0.6) is 11.5 Å². The van der Waals surface area contributed by atoms with Crippen molar-refractivity contribution >= 4 is 62.5 Å². The van der Waals surface area contributed by atoms with Gasteiger partial charge in [-0.3, -0.25) is 4.79 Å². The minimum Gasteiger partial charge on any atom is -0.481 e. The molecule has 4 aromatic carbocycles. The van der Waals surface area contributed by atoms with E-state index in [1.54, 1.807) is 29.7 Å². The normalized spacial score (nSPS) is 22.7. The molecule has 0 bridgehead atoms. The fourth-order valence-corrected chi connectivity index (χ4v) is 8.31. The summed E-state index contributed by atoms with van der Waals surface area (Å²) in [7, 11) is 3.69. The Morgan fingerprint density at radius 2 is 1.22 bits per heavy atom. The van der Waals surface area contributed by atoms with Crippen molar-refractivity contribution in [2.75, 3.05) is 20.6 Å². The number of carbonyl (C=O) groups is 1. The van der Waals surface area contributed by atoms with E-state index in [4.69, 9.17) is 9.47 Å². The van der Waals surface area contributed by atoms with Gasteiger partial charge in [0.2, 0.25) is 5.91 Å². The molecule has 2 aliphatic carbocycles. The lowest BCUT2D eigenvalue weighted by molar-refractivity contribution is -0.123. The fourth-order valence-electron chi connectivity index (χ4n) is 6.43. The average Bonchev–Trinajstić information content (AvgIpc) is 3.69. The molecule has 0 saturated heterocycles. The zero-order valence-electron chi connectivity index (χ0n) is 25.8. The van der Waals surface area contributed by atoms with Crippen molar-refractivity contribution in [3.63, 3.8) is 0 Å². The van der Waals surface area contributed by atoms with E-state index in [0.717, 1.165) is 46.5 Å². The summed E-state index contributed by atoms with van der Waals surface area (Å²) in [6, 6.07) is 37.3. The summed E-state index contributed by atoms with van der Waals surface area (Å²) < 4.78 is 13.1. The summed E-state index contributed by atoms with van der Waals surface area (Å²) in [6.45, 7) is 0.989. The van der Waals surface area contributed by atoms with E-state index in [0.29, 0.717) is 5.92 Å². The van der Waals surface area contributed by atoms with Crippen molar-refractivity contribution in [3.8, 4) is 11.5 Å². The van der Waals surface area contributed by atoms with Crippen molar-refractivity contribution in [3.05, 3.63) is 130 Å². The van der Waals surface area contributed by atoms with Gasteiger partial charge in [-0.1, -0.05) is 84.9 Å². The fraction of sp³-hybridized carbons (Fsp3) is 0.237. The molecule has 4 atom stereocenters. The van der Waals surface area contributed by atoms with Crippen LogP contribution in [0.15, 0.2) is 120 Å². The molecule has 2 fully saturated rings. The van der Waals surface area contributed by atoms with E-state index in [-0.39, 0.29) is 29.8 Å². The van der Waals surface area contributed by atoms with Gasteiger partial charge in [-0.2, -0.15) is 0 Å². The predicted octanol–water partition coefficient (Wildman–Crippen LogP) is 8.78. The highest BCUT2D eigenvalue weighted by Crippen LogP contribution is 2.58. The zero-order valence-corrected chi connectivity index (χ0v) is 28.2. The van der Waals surface area contributed by atoms with E-state index in [9.17, 15) is 4.79 Å². The Balaban J connectivity index is 0.000000158. The minimum absolute atomic E-state index is 0. The van der Waals surface area contributed by atoms with Crippen molar-refractivity contribution in [2.24, 2.45) is 11.8 Å². The summed E-state index contributed by atoms with van der Waals surface area (Å²) in [5.41, 5.74) is -0.681. The van der Waals surface area contributed by atoms with Gasteiger partial charge in [-0.05, 0) is 52.8 Å². The lowest BCUT2D eigenvalue weighted by Gasteiger charge is -2.20. The summed E-state index contributed by atoms with van der Waals surface area (Å²) in [5, 5.41) is 14.9. The molecular formula is C38H37ClN2O3S2. The first-order chi connectivity index (χ1) is 22.1. The monoisotopic (exact) mass is 668 g/mol. The van der Waals surface area contributed by atoms with E-state index >= 15 is 0 Å². The van der Waals surface area contributed by atoms with Gasteiger partial charge in [-0.15, -0.1) is 35.1 Å². The summed E-state index contributed by atoms with van der Waals surface area (Å²) >= 11 is 3.44. The van der Waals surface area contributed by atoms with Crippen LogP contribution in [0, 0.1) is 11.8 Å². The highest BCUT2D eigenvalue weighted by molar-refractivity contribution is 7.10. The number of nitrogens with one attached hydrogen (secondary N) is 2. The average molecular weight is 669 g/mol. The van der Waals surface area contributed by atoms with Gasteiger partial charge < -0.3 is 20.1 Å². The van der Waals surface area contributed by atoms with E-state index in [2.05, 4.69) is 94.9 Å². The number of halogens is 1. The van der Waals surface area contributed by atoms with Crippen molar-refractivity contribution in [2.45, 2.75) is 24.0 Å². The third-order valence-electron chi connectivity index (χ3n) is 8.93. The first-order valence-electron chi connectivity index (χ1n) is 15.4. The van der Waals surface area contributed by atoms with Crippen LogP contribution < -0.4 is 20.1 Å². The Kier molecular flexibility index (Phi) is 9.39. The quantitative estimate of drug-likeness (QED) is 0.162. The zero-order chi connectivity index (χ0) is 30.9. The Hall–Kier alpha value is -3.88. The predicted molar refractivity (Wildman–Crippen MR) is 193 cm³/mol. The van der Waals surface area contributed by atoms with Gasteiger partial charge in [0.05, 0.1) is 5.92 Å². The molecule has 0 radical (unpaired) electrons. The third-order valence-corrected chi connectivity index (χ3v) is 11.0. The van der Waals surface area contributed by atoms with Crippen LogP contribution in [-0.4, -0.2) is 26.5 Å². The SMILES string of the molecule is CNC(=O)[C@@H]1C[C@]1(Oc1cccc2ccccc12)c1cccs1.CNC[C@@H]1C[C@]1(Oc1cccc2ccccc12)c1cccs1.Cl. The summed E-state index contributed by atoms with van der Waals surface area (Å²) in [4.78, 5) is 14.6. The van der Waals surface area contributed by atoms with Gasteiger partial charge in [0.25, 0.3) is 0 Å². The van der Waals surface area contributed by atoms with Crippen LogP contribution in [0.1, 0.15) is 22.6 Å². The van der Waals surface area contributed by atoms with E-state index in [1.165, 1.54) is 15.6 Å². The maximum atomic E-state index is 12.2. The molecule has 0 aliphatic heterocycles. The summed E-state index contributed by atoms with van der Waals surface area (Å²) in [5.74, 6) is 2.27. The highest BCUT2D eigenvalue weighted by atomic mass is 35.5. The molecule has 2 N–H and O–H groups in total. The molecule has 8 heteroatoms. The largest absolute Gasteiger partial charge is 0.481 e. The maximum absolute atomic E-state index is 12.2. The Morgan fingerprint density at radius 3 is 1.74 bits per heavy atom. The number of ether oxygens (including phenoxy) is 2. The molecule has 6 aromatic rings. The number of fused-ring (bicyclic) bond motifs is 2. The molecule has 2 saturated carbocycles. The first kappa shape index (κ1) is 32.1.